The van der Waals surface area contributed by atoms with Gasteiger partial charge in [-0.3, -0.25) is 4.98 Å². The second-order valence-electron chi connectivity index (χ2n) is 2.94. The van der Waals surface area contributed by atoms with Crippen molar-refractivity contribution in [1.29, 1.82) is 0 Å². The molecule has 1 atom stereocenters. The van der Waals surface area contributed by atoms with E-state index in [2.05, 4.69) is 10.3 Å². The Balaban J connectivity index is 2.35. The molecule has 0 bridgehead atoms. The lowest BCUT2D eigenvalue weighted by atomic mass is 10.4. The number of hydrogen-bond acceptors (Lipinski definition) is 4. The van der Waals surface area contributed by atoms with Crippen molar-refractivity contribution in [3.63, 3.8) is 0 Å². The minimum absolute atomic E-state index is 0.0866. The first-order chi connectivity index (χ1) is 6.68. The minimum atomic E-state index is -0.518. The molecule has 76 valence electrons. The van der Waals surface area contributed by atoms with E-state index in [1.807, 2.05) is 0 Å². The summed E-state index contributed by atoms with van der Waals surface area (Å²) >= 11 is 0. The number of carbonyl (C=O) groups is 1. The van der Waals surface area contributed by atoms with Crippen LogP contribution in [0.2, 0.25) is 0 Å². The van der Waals surface area contributed by atoms with E-state index in [1.54, 1.807) is 25.3 Å². The molecule has 1 unspecified atom stereocenters. The molecule has 0 aromatic carbocycles. The van der Waals surface area contributed by atoms with Gasteiger partial charge in [0.2, 0.25) is 0 Å². The van der Waals surface area contributed by atoms with Gasteiger partial charge in [0.25, 0.3) is 0 Å². The highest BCUT2D eigenvalue weighted by atomic mass is 16.6. The Morgan fingerprint density at radius 1 is 1.79 bits per heavy atom. The molecule has 0 aliphatic rings. The molecule has 0 radical (unpaired) electrons. The largest absolute Gasteiger partial charge is 0.412 e. The molecule has 0 aliphatic heterocycles. The first-order valence-corrected chi connectivity index (χ1v) is 4.30. The van der Waals surface area contributed by atoms with E-state index >= 15 is 0 Å². The third-order valence-corrected chi connectivity index (χ3v) is 1.41. The summed E-state index contributed by atoms with van der Waals surface area (Å²) in [5.41, 5.74) is 5.45. The Morgan fingerprint density at radius 3 is 3.14 bits per heavy atom. The molecule has 0 fully saturated rings. The smallest absolute Gasteiger partial charge is 0.409 e. The zero-order valence-corrected chi connectivity index (χ0v) is 7.93. The van der Waals surface area contributed by atoms with Crippen LogP contribution in [0.4, 0.5) is 4.79 Å². The molecule has 0 saturated heterocycles. The van der Waals surface area contributed by atoms with Crippen LogP contribution >= 0.6 is 0 Å². The third kappa shape index (κ3) is 3.86. The van der Waals surface area contributed by atoms with Crippen molar-refractivity contribution < 1.29 is 9.53 Å². The molecule has 5 nitrogen and oxygen atoms in total. The van der Waals surface area contributed by atoms with Crippen molar-refractivity contribution in [2.24, 2.45) is 5.73 Å². The molecule has 0 spiro atoms. The Hall–Kier alpha value is -1.62. The van der Waals surface area contributed by atoms with E-state index in [0.29, 0.717) is 12.3 Å². The van der Waals surface area contributed by atoms with Crippen LogP contribution < -0.4 is 15.8 Å². The van der Waals surface area contributed by atoms with Gasteiger partial charge in [-0.05, 0) is 19.1 Å². The van der Waals surface area contributed by atoms with Crippen molar-refractivity contribution in [1.82, 2.24) is 10.3 Å². The summed E-state index contributed by atoms with van der Waals surface area (Å²) in [5, 5.41) is 2.52. The summed E-state index contributed by atoms with van der Waals surface area (Å²) in [6.45, 7) is 2.18. The number of ether oxygens (including phenoxy) is 1. The van der Waals surface area contributed by atoms with Gasteiger partial charge in [0.1, 0.15) is 0 Å². The van der Waals surface area contributed by atoms with Crippen LogP contribution in [0, 0.1) is 0 Å². The van der Waals surface area contributed by atoms with E-state index in [1.165, 1.54) is 6.20 Å². The number of nitrogens with zero attached hydrogens (tertiary/aromatic N) is 1. The van der Waals surface area contributed by atoms with Crippen LogP contribution in [0.3, 0.4) is 0 Å². The highest BCUT2D eigenvalue weighted by Gasteiger charge is 2.03. The zero-order chi connectivity index (χ0) is 10.4. The molecule has 14 heavy (non-hydrogen) atoms. The number of pyridine rings is 1. The Bertz CT molecular complexity index is 287. The Labute approximate surface area is 82.3 Å². The molecule has 5 heteroatoms. The topological polar surface area (TPSA) is 77.2 Å². The number of carbonyl (C=O) groups excluding carboxylic acids is 1. The average molecular weight is 195 g/mol. The molecule has 0 saturated carbocycles. The predicted octanol–water partition coefficient (Wildman–Crippen LogP) is 0.517. The molecule has 0 aliphatic carbocycles. The van der Waals surface area contributed by atoms with Crippen LogP contribution in [0.15, 0.2) is 24.5 Å². The number of hydrogen-bond donors (Lipinski definition) is 2. The van der Waals surface area contributed by atoms with Crippen molar-refractivity contribution >= 4 is 6.09 Å². The lowest BCUT2D eigenvalue weighted by Gasteiger charge is -2.07. The van der Waals surface area contributed by atoms with Gasteiger partial charge in [-0.1, -0.05) is 0 Å². The lowest BCUT2D eigenvalue weighted by Crippen LogP contribution is -2.36. The summed E-state index contributed by atoms with van der Waals surface area (Å²) < 4.78 is 4.90. The van der Waals surface area contributed by atoms with Crippen LogP contribution in [-0.4, -0.2) is 23.7 Å². The van der Waals surface area contributed by atoms with E-state index in [4.69, 9.17) is 10.5 Å². The lowest BCUT2D eigenvalue weighted by molar-refractivity contribution is 0.200. The highest BCUT2D eigenvalue weighted by molar-refractivity contribution is 5.70. The summed E-state index contributed by atoms with van der Waals surface area (Å²) in [4.78, 5) is 14.9. The molecule has 1 aromatic heterocycles. The fraction of sp³-hybridized carbons (Fsp3) is 0.333. The van der Waals surface area contributed by atoms with Crippen molar-refractivity contribution in [2.75, 3.05) is 6.54 Å². The standard InChI is InChI=1S/C9H13N3O2/c1-7(10)5-12-9(13)14-8-3-2-4-11-6-8/h2-4,6-7H,5,10H2,1H3,(H,12,13). The Kier molecular flexibility index (Phi) is 3.87. The van der Waals surface area contributed by atoms with Crippen LogP contribution in [0.5, 0.6) is 5.75 Å². The van der Waals surface area contributed by atoms with Gasteiger partial charge in [-0.2, -0.15) is 0 Å². The molecule has 1 rings (SSSR count). The maximum Gasteiger partial charge on any atom is 0.412 e. The van der Waals surface area contributed by atoms with Gasteiger partial charge in [0.05, 0.1) is 6.20 Å². The average Bonchev–Trinajstić information content (AvgIpc) is 2.16. The fourth-order valence-corrected chi connectivity index (χ4v) is 0.795. The number of aromatic nitrogens is 1. The van der Waals surface area contributed by atoms with Gasteiger partial charge in [0.15, 0.2) is 5.75 Å². The third-order valence-electron chi connectivity index (χ3n) is 1.41. The summed E-state index contributed by atoms with van der Waals surface area (Å²) in [7, 11) is 0. The second kappa shape index (κ2) is 5.18. The quantitative estimate of drug-likeness (QED) is 0.737. The van der Waals surface area contributed by atoms with Crippen molar-refractivity contribution in [3.05, 3.63) is 24.5 Å². The highest BCUT2D eigenvalue weighted by Crippen LogP contribution is 2.05. The zero-order valence-electron chi connectivity index (χ0n) is 7.93. The van der Waals surface area contributed by atoms with Crippen LogP contribution in [0.25, 0.3) is 0 Å². The molecule has 3 N–H and O–H groups in total. The van der Waals surface area contributed by atoms with Gasteiger partial charge < -0.3 is 15.8 Å². The maximum absolute atomic E-state index is 11.1. The van der Waals surface area contributed by atoms with Gasteiger partial charge in [-0.15, -0.1) is 0 Å². The minimum Gasteiger partial charge on any atom is -0.409 e. The fourth-order valence-electron chi connectivity index (χ4n) is 0.795. The molecule has 1 aromatic rings. The molecule has 1 amide bonds. The SMILES string of the molecule is CC(N)CNC(=O)Oc1cccnc1. The van der Waals surface area contributed by atoms with Gasteiger partial charge in [0, 0.05) is 18.8 Å². The summed E-state index contributed by atoms with van der Waals surface area (Å²) in [5.74, 6) is 0.412. The van der Waals surface area contributed by atoms with Gasteiger partial charge >= 0.3 is 6.09 Å². The van der Waals surface area contributed by atoms with E-state index in [-0.39, 0.29) is 6.04 Å². The summed E-state index contributed by atoms with van der Waals surface area (Å²) in [6.07, 6.45) is 2.55. The Morgan fingerprint density at radius 2 is 2.57 bits per heavy atom. The van der Waals surface area contributed by atoms with Crippen molar-refractivity contribution in [2.45, 2.75) is 13.0 Å². The predicted molar refractivity (Wildman–Crippen MR) is 51.9 cm³/mol. The van der Waals surface area contributed by atoms with Gasteiger partial charge in [-0.25, -0.2) is 4.79 Å². The molecular weight excluding hydrogens is 182 g/mol. The monoisotopic (exact) mass is 195 g/mol. The normalized spacial score (nSPS) is 11.9. The number of rotatable bonds is 3. The summed E-state index contributed by atoms with van der Waals surface area (Å²) in [6, 6.07) is 3.25. The molecule has 1 heterocycles. The number of amides is 1. The number of nitrogens with two attached hydrogens (primary N) is 1. The van der Waals surface area contributed by atoms with Crippen LogP contribution in [0.1, 0.15) is 6.92 Å². The van der Waals surface area contributed by atoms with Crippen molar-refractivity contribution in [3.8, 4) is 5.75 Å². The second-order valence-corrected chi connectivity index (χ2v) is 2.94. The van der Waals surface area contributed by atoms with E-state index < -0.39 is 6.09 Å². The first kappa shape index (κ1) is 10.5. The number of nitrogens with one attached hydrogen (secondary N) is 1. The maximum atomic E-state index is 11.1. The first-order valence-electron chi connectivity index (χ1n) is 4.30. The van der Waals surface area contributed by atoms with Crippen LogP contribution in [-0.2, 0) is 0 Å². The van der Waals surface area contributed by atoms with E-state index in [0.717, 1.165) is 0 Å². The molecular formula is C9H13N3O2. The van der Waals surface area contributed by atoms with E-state index in [9.17, 15) is 4.79 Å².